The molecule has 0 aromatic heterocycles. The van der Waals surface area contributed by atoms with Crippen molar-refractivity contribution >= 4 is 17.5 Å². The van der Waals surface area contributed by atoms with Crippen molar-refractivity contribution in [3.05, 3.63) is 70.2 Å². The zero-order chi connectivity index (χ0) is 20.8. The Morgan fingerprint density at radius 3 is 2.76 bits per heavy atom. The van der Waals surface area contributed by atoms with E-state index in [4.69, 9.17) is 16.4 Å². The normalized spacial score (nSPS) is 18.0. The molecule has 0 radical (unpaired) electrons. The minimum atomic E-state index is -0.00149. The van der Waals surface area contributed by atoms with Crippen LogP contribution in [0.4, 0.5) is 0 Å². The maximum atomic E-state index is 13.1. The fourth-order valence-corrected chi connectivity index (χ4v) is 4.04. The van der Waals surface area contributed by atoms with Gasteiger partial charge in [0.25, 0.3) is 0 Å². The van der Waals surface area contributed by atoms with Crippen LogP contribution in [0.2, 0.25) is 5.02 Å². The van der Waals surface area contributed by atoms with Gasteiger partial charge in [-0.1, -0.05) is 54.1 Å². The molecule has 2 aromatic carbocycles. The van der Waals surface area contributed by atoms with Crippen LogP contribution in [0.1, 0.15) is 29.2 Å². The van der Waals surface area contributed by atoms with E-state index in [1.807, 2.05) is 55.3 Å². The Morgan fingerprint density at radius 1 is 1.31 bits per heavy atom. The predicted molar refractivity (Wildman–Crippen MR) is 117 cm³/mol. The Hall–Kier alpha value is -1.92. The van der Waals surface area contributed by atoms with Crippen molar-refractivity contribution in [1.82, 2.24) is 15.3 Å². The van der Waals surface area contributed by atoms with Crippen LogP contribution >= 0.6 is 11.6 Å². The topological polar surface area (TPSA) is 44.8 Å². The molecule has 1 heterocycles. The average Bonchev–Trinajstić information content (AvgIpc) is 3.16. The lowest BCUT2D eigenvalue weighted by molar-refractivity contribution is -0.131. The molecule has 156 valence electrons. The predicted octanol–water partition coefficient (Wildman–Crippen LogP) is 3.62. The largest absolute Gasteiger partial charge is 0.337 e. The summed E-state index contributed by atoms with van der Waals surface area (Å²) in [5.41, 5.74) is 6.18. The number of likely N-dealkylation sites (N-methyl/N-ethyl adjacent to an activating group) is 1. The number of hydroxylamine groups is 1. The zero-order valence-corrected chi connectivity index (χ0v) is 18.2. The van der Waals surface area contributed by atoms with Crippen molar-refractivity contribution in [1.29, 1.82) is 0 Å². The summed E-state index contributed by atoms with van der Waals surface area (Å²) in [5.74, 6) is 0.103. The van der Waals surface area contributed by atoms with E-state index in [1.165, 1.54) is 0 Å². The number of carbonyl (C=O) groups excluding carboxylic acids is 1. The van der Waals surface area contributed by atoms with Crippen molar-refractivity contribution in [2.75, 3.05) is 33.8 Å². The quantitative estimate of drug-likeness (QED) is 0.669. The van der Waals surface area contributed by atoms with Gasteiger partial charge in [-0.15, -0.1) is 0 Å². The van der Waals surface area contributed by atoms with Gasteiger partial charge >= 0.3 is 0 Å². The molecule has 0 bridgehead atoms. The van der Waals surface area contributed by atoms with Crippen LogP contribution in [0.25, 0.3) is 0 Å². The van der Waals surface area contributed by atoms with E-state index in [-0.39, 0.29) is 11.9 Å². The summed E-state index contributed by atoms with van der Waals surface area (Å²) < 4.78 is 0. The monoisotopic (exact) mass is 415 g/mol. The lowest BCUT2D eigenvalue weighted by Gasteiger charge is -2.32. The van der Waals surface area contributed by atoms with E-state index >= 15 is 0 Å². The number of rotatable bonds is 8. The van der Waals surface area contributed by atoms with Crippen LogP contribution < -0.4 is 5.48 Å². The summed E-state index contributed by atoms with van der Waals surface area (Å²) in [6, 6.07) is 16.4. The molecule has 0 saturated carbocycles. The molecule has 1 aliphatic rings. The number of hydrogen-bond donors (Lipinski definition) is 1. The van der Waals surface area contributed by atoms with E-state index in [0.29, 0.717) is 12.5 Å². The third kappa shape index (κ3) is 5.80. The molecule has 2 aromatic rings. The highest BCUT2D eigenvalue weighted by Crippen LogP contribution is 2.24. The van der Waals surface area contributed by atoms with Crippen LogP contribution in [0.15, 0.2) is 48.5 Å². The molecule has 1 aliphatic heterocycles. The first-order chi connectivity index (χ1) is 14.0. The van der Waals surface area contributed by atoms with E-state index in [9.17, 15) is 4.79 Å². The maximum absolute atomic E-state index is 13.1. The smallest absolute Gasteiger partial charge is 0.227 e. The number of likely N-dealkylation sites (tertiary alicyclic amines) is 1. The molecule has 2 atom stereocenters. The second-order valence-corrected chi connectivity index (χ2v) is 8.17. The summed E-state index contributed by atoms with van der Waals surface area (Å²) in [6.45, 7) is 4.66. The van der Waals surface area contributed by atoms with E-state index < -0.39 is 0 Å². The average molecular weight is 416 g/mol. The first-order valence-electron chi connectivity index (χ1n) is 10.0. The Bertz CT molecular complexity index is 815. The molecule has 1 fully saturated rings. The van der Waals surface area contributed by atoms with Gasteiger partial charge in [-0.05, 0) is 42.6 Å². The molecular formula is C23H30ClN3O2. The lowest BCUT2D eigenvalue weighted by Crippen LogP contribution is -2.40. The Balaban J connectivity index is 1.72. The van der Waals surface area contributed by atoms with E-state index in [1.54, 1.807) is 7.11 Å². The van der Waals surface area contributed by atoms with Gasteiger partial charge in [0, 0.05) is 31.2 Å². The zero-order valence-electron chi connectivity index (χ0n) is 17.4. The van der Waals surface area contributed by atoms with Gasteiger partial charge in [0.1, 0.15) is 0 Å². The van der Waals surface area contributed by atoms with Crippen molar-refractivity contribution in [3.63, 3.8) is 0 Å². The highest BCUT2D eigenvalue weighted by molar-refractivity contribution is 6.31. The van der Waals surface area contributed by atoms with Crippen LogP contribution in [-0.4, -0.2) is 55.5 Å². The molecule has 2 unspecified atom stereocenters. The highest BCUT2D eigenvalue weighted by atomic mass is 35.5. The van der Waals surface area contributed by atoms with Gasteiger partial charge in [-0.3, -0.25) is 9.69 Å². The minimum absolute atomic E-state index is 0.00149. The maximum Gasteiger partial charge on any atom is 0.227 e. The third-order valence-corrected chi connectivity index (χ3v) is 6.04. The standard InChI is InChI=1S/C23H30ClN3O2/c1-17-13-18(9-10-21(17)24)14-23(28)26(2)22(19-7-5-4-6-8-19)16-27-12-11-20(15-27)25-29-3/h4-10,13,20,22,25H,11-12,14-16H2,1-3H3. The van der Waals surface area contributed by atoms with Crippen LogP contribution in [-0.2, 0) is 16.1 Å². The Kier molecular flexibility index (Phi) is 7.67. The summed E-state index contributed by atoms with van der Waals surface area (Å²) in [5, 5.41) is 0.727. The Morgan fingerprint density at radius 2 is 2.07 bits per heavy atom. The molecule has 3 rings (SSSR count). The van der Waals surface area contributed by atoms with E-state index in [2.05, 4.69) is 22.5 Å². The van der Waals surface area contributed by atoms with Gasteiger partial charge in [0.15, 0.2) is 0 Å². The number of aryl methyl sites for hydroxylation is 1. The van der Waals surface area contributed by atoms with Crippen molar-refractivity contribution in [3.8, 4) is 0 Å². The molecule has 5 nitrogen and oxygen atoms in total. The number of hydrogen-bond acceptors (Lipinski definition) is 4. The van der Waals surface area contributed by atoms with E-state index in [0.717, 1.165) is 47.8 Å². The van der Waals surface area contributed by atoms with Crippen LogP contribution in [0, 0.1) is 6.92 Å². The van der Waals surface area contributed by atoms with Crippen molar-refractivity contribution < 1.29 is 9.63 Å². The van der Waals surface area contributed by atoms with Crippen molar-refractivity contribution in [2.24, 2.45) is 0 Å². The molecule has 1 amide bonds. The number of halogens is 1. The van der Waals surface area contributed by atoms with Crippen molar-refractivity contribution in [2.45, 2.75) is 31.8 Å². The summed E-state index contributed by atoms with van der Waals surface area (Å²) >= 11 is 6.12. The summed E-state index contributed by atoms with van der Waals surface area (Å²) in [4.78, 5) is 22.5. The second-order valence-electron chi connectivity index (χ2n) is 7.76. The first-order valence-corrected chi connectivity index (χ1v) is 10.4. The lowest BCUT2D eigenvalue weighted by atomic mass is 10.0. The molecule has 29 heavy (non-hydrogen) atoms. The first kappa shape index (κ1) is 21.8. The van der Waals surface area contributed by atoms with Crippen LogP contribution in [0.3, 0.4) is 0 Å². The summed E-state index contributed by atoms with van der Waals surface area (Å²) in [7, 11) is 3.56. The number of carbonyl (C=O) groups is 1. The molecule has 6 heteroatoms. The molecular weight excluding hydrogens is 386 g/mol. The van der Waals surface area contributed by atoms with Gasteiger partial charge in [-0.2, -0.15) is 5.48 Å². The van der Waals surface area contributed by atoms with Crippen LogP contribution in [0.5, 0.6) is 0 Å². The van der Waals surface area contributed by atoms with Gasteiger partial charge in [-0.25, -0.2) is 0 Å². The summed E-state index contributed by atoms with van der Waals surface area (Å²) in [6.07, 6.45) is 1.41. The SMILES string of the molecule is CONC1CCN(CC(c2ccccc2)N(C)C(=O)Cc2ccc(Cl)c(C)c2)C1. The Labute approximate surface area is 178 Å². The third-order valence-electron chi connectivity index (χ3n) is 5.61. The number of benzene rings is 2. The number of amides is 1. The van der Waals surface area contributed by atoms with Gasteiger partial charge in [0.2, 0.25) is 5.91 Å². The molecule has 1 N–H and O–H groups in total. The number of nitrogens with one attached hydrogen (secondary N) is 1. The molecule has 0 spiro atoms. The fraction of sp³-hybridized carbons (Fsp3) is 0.435. The minimum Gasteiger partial charge on any atom is -0.337 e. The highest BCUT2D eigenvalue weighted by Gasteiger charge is 2.28. The molecule has 1 saturated heterocycles. The molecule has 0 aliphatic carbocycles. The second kappa shape index (κ2) is 10.2. The van der Waals surface area contributed by atoms with Gasteiger partial charge in [0.05, 0.1) is 19.6 Å². The van der Waals surface area contributed by atoms with Gasteiger partial charge < -0.3 is 9.74 Å². The fourth-order valence-electron chi connectivity index (χ4n) is 3.92. The number of nitrogens with zero attached hydrogens (tertiary/aromatic N) is 2.